The highest BCUT2D eigenvalue weighted by molar-refractivity contribution is 14.0. The first kappa shape index (κ1) is 20.9. The van der Waals surface area contributed by atoms with Crippen LogP contribution in [0.4, 0.5) is 0 Å². The van der Waals surface area contributed by atoms with Gasteiger partial charge in [0.1, 0.15) is 6.61 Å². The number of benzene rings is 1. The van der Waals surface area contributed by atoms with Gasteiger partial charge in [0, 0.05) is 25.4 Å². The van der Waals surface area contributed by atoms with Crippen LogP contribution in [0.3, 0.4) is 0 Å². The maximum absolute atomic E-state index is 5.93. The van der Waals surface area contributed by atoms with Gasteiger partial charge in [0.15, 0.2) is 5.96 Å². The average Bonchev–Trinajstić information content (AvgIpc) is 3.34. The van der Waals surface area contributed by atoms with Crippen LogP contribution in [0.15, 0.2) is 53.7 Å². The van der Waals surface area contributed by atoms with E-state index in [2.05, 4.69) is 20.6 Å². The van der Waals surface area contributed by atoms with Crippen molar-refractivity contribution >= 4 is 29.9 Å². The van der Waals surface area contributed by atoms with E-state index in [0.29, 0.717) is 37.3 Å². The van der Waals surface area contributed by atoms with E-state index in [1.165, 1.54) is 6.42 Å². The SMILES string of the molecule is CN=C(NCc1cccnc1OCc1ccccc1)NC1CC2CCC1O2.I. The van der Waals surface area contributed by atoms with Gasteiger partial charge >= 0.3 is 0 Å². The summed E-state index contributed by atoms with van der Waals surface area (Å²) in [6, 6.07) is 14.4. The van der Waals surface area contributed by atoms with Gasteiger partial charge in [0.25, 0.3) is 0 Å². The molecule has 0 amide bonds. The number of nitrogens with one attached hydrogen (secondary N) is 2. The van der Waals surface area contributed by atoms with Crippen LogP contribution >= 0.6 is 24.0 Å². The molecule has 0 radical (unpaired) electrons. The van der Waals surface area contributed by atoms with E-state index in [9.17, 15) is 0 Å². The first-order valence-corrected chi connectivity index (χ1v) is 9.55. The van der Waals surface area contributed by atoms with Crippen molar-refractivity contribution in [3.63, 3.8) is 0 Å². The molecule has 2 bridgehead atoms. The molecule has 3 heterocycles. The van der Waals surface area contributed by atoms with E-state index >= 15 is 0 Å². The molecule has 6 nitrogen and oxygen atoms in total. The Labute approximate surface area is 183 Å². The zero-order valence-corrected chi connectivity index (χ0v) is 18.3. The molecular weight excluding hydrogens is 467 g/mol. The molecule has 2 aliphatic heterocycles. The third kappa shape index (κ3) is 5.14. The van der Waals surface area contributed by atoms with Gasteiger partial charge in [-0.2, -0.15) is 0 Å². The molecule has 0 spiro atoms. The van der Waals surface area contributed by atoms with Gasteiger partial charge in [0.05, 0.1) is 18.2 Å². The number of ether oxygens (including phenoxy) is 2. The molecule has 2 saturated heterocycles. The van der Waals surface area contributed by atoms with Gasteiger partial charge in [-0.05, 0) is 30.9 Å². The second-order valence-electron chi connectivity index (χ2n) is 7.03. The molecule has 2 aromatic rings. The van der Waals surface area contributed by atoms with Gasteiger partial charge < -0.3 is 20.1 Å². The molecule has 3 unspecified atom stereocenters. The Bertz CT molecular complexity index is 787. The molecule has 1 aromatic carbocycles. The van der Waals surface area contributed by atoms with Gasteiger partial charge in [-0.3, -0.25) is 4.99 Å². The van der Waals surface area contributed by atoms with E-state index in [4.69, 9.17) is 9.47 Å². The molecule has 150 valence electrons. The Morgan fingerprint density at radius 3 is 2.79 bits per heavy atom. The van der Waals surface area contributed by atoms with Crippen molar-refractivity contribution in [2.24, 2.45) is 4.99 Å². The van der Waals surface area contributed by atoms with Gasteiger partial charge in [-0.15, -0.1) is 24.0 Å². The number of halogens is 1. The number of rotatable bonds is 6. The maximum atomic E-state index is 5.93. The highest BCUT2D eigenvalue weighted by Crippen LogP contribution is 2.34. The van der Waals surface area contributed by atoms with Gasteiger partial charge in [-0.1, -0.05) is 36.4 Å². The predicted molar refractivity (Wildman–Crippen MR) is 120 cm³/mol. The van der Waals surface area contributed by atoms with Crippen LogP contribution in [-0.4, -0.2) is 36.2 Å². The standard InChI is InChI=1S/C21H26N4O2.HI/c1-22-21(25-18-12-17-9-10-19(18)27-17)24-13-16-8-5-11-23-20(16)26-14-15-6-3-2-4-7-15;/h2-8,11,17-19H,9-10,12-14H2,1H3,(H2,22,24,25);1H. The number of nitrogens with zero attached hydrogens (tertiary/aromatic N) is 2. The molecule has 0 aliphatic carbocycles. The third-order valence-electron chi connectivity index (χ3n) is 5.17. The molecule has 1 aromatic heterocycles. The predicted octanol–water partition coefficient (Wildman–Crippen LogP) is 3.26. The van der Waals surface area contributed by atoms with Crippen LogP contribution in [0.25, 0.3) is 0 Å². The minimum Gasteiger partial charge on any atom is -0.473 e. The number of pyridine rings is 1. The fraction of sp³-hybridized carbons (Fsp3) is 0.429. The lowest BCUT2D eigenvalue weighted by Gasteiger charge is -2.22. The lowest BCUT2D eigenvalue weighted by Crippen LogP contribution is -2.47. The number of fused-ring (bicyclic) bond motifs is 2. The number of aliphatic imine (C=N–C) groups is 1. The van der Waals surface area contributed by atoms with Crippen LogP contribution in [0.5, 0.6) is 5.88 Å². The summed E-state index contributed by atoms with van der Waals surface area (Å²) < 4.78 is 11.8. The summed E-state index contributed by atoms with van der Waals surface area (Å²) in [6.45, 7) is 1.10. The largest absolute Gasteiger partial charge is 0.473 e. The zero-order valence-electron chi connectivity index (χ0n) is 16.0. The quantitative estimate of drug-likeness (QED) is 0.367. The third-order valence-corrected chi connectivity index (χ3v) is 5.17. The van der Waals surface area contributed by atoms with Crippen molar-refractivity contribution in [3.8, 4) is 5.88 Å². The average molecular weight is 494 g/mol. The van der Waals surface area contributed by atoms with Crippen molar-refractivity contribution in [3.05, 3.63) is 59.8 Å². The van der Waals surface area contributed by atoms with E-state index in [1.807, 2.05) is 42.5 Å². The summed E-state index contributed by atoms with van der Waals surface area (Å²) >= 11 is 0. The topological polar surface area (TPSA) is 67.8 Å². The van der Waals surface area contributed by atoms with Crippen molar-refractivity contribution < 1.29 is 9.47 Å². The van der Waals surface area contributed by atoms with E-state index in [1.54, 1.807) is 13.2 Å². The molecule has 4 rings (SSSR count). The lowest BCUT2D eigenvalue weighted by atomic mass is 9.96. The fourth-order valence-electron chi connectivity index (χ4n) is 3.75. The second-order valence-corrected chi connectivity index (χ2v) is 7.03. The molecule has 2 fully saturated rings. The van der Waals surface area contributed by atoms with Gasteiger partial charge in [0.2, 0.25) is 5.88 Å². The minimum absolute atomic E-state index is 0. The van der Waals surface area contributed by atoms with E-state index < -0.39 is 0 Å². The maximum Gasteiger partial charge on any atom is 0.218 e. The number of aromatic nitrogens is 1. The molecule has 0 saturated carbocycles. The summed E-state index contributed by atoms with van der Waals surface area (Å²) in [5, 5.41) is 6.87. The summed E-state index contributed by atoms with van der Waals surface area (Å²) in [5.74, 6) is 1.43. The smallest absolute Gasteiger partial charge is 0.218 e. The Kier molecular flexibility index (Phi) is 7.50. The lowest BCUT2D eigenvalue weighted by molar-refractivity contribution is 0.0992. The molecule has 2 aliphatic rings. The van der Waals surface area contributed by atoms with Crippen LogP contribution < -0.4 is 15.4 Å². The van der Waals surface area contributed by atoms with Crippen LogP contribution in [0, 0.1) is 0 Å². The first-order valence-electron chi connectivity index (χ1n) is 9.55. The monoisotopic (exact) mass is 494 g/mol. The highest BCUT2D eigenvalue weighted by atomic mass is 127. The van der Waals surface area contributed by atoms with Crippen LogP contribution in [0.2, 0.25) is 0 Å². The summed E-state index contributed by atoms with van der Waals surface area (Å²) in [7, 11) is 1.79. The Morgan fingerprint density at radius 1 is 1.21 bits per heavy atom. The van der Waals surface area contributed by atoms with E-state index in [-0.39, 0.29) is 24.0 Å². The Hall–Kier alpha value is -1.87. The number of hydrogen-bond donors (Lipinski definition) is 2. The summed E-state index contributed by atoms with van der Waals surface area (Å²) in [6.07, 6.45) is 5.87. The Morgan fingerprint density at radius 2 is 2.07 bits per heavy atom. The molecule has 28 heavy (non-hydrogen) atoms. The van der Waals surface area contributed by atoms with Crippen LogP contribution in [-0.2, 0) is 17.9 Å². The molecule has 7 heteroatoms. The zero-order chi connectivity index (χ0) is 18.5. The molecule has 3 atom stereocenters. The fourth-order valence-corrected chi connectivity index (χ4v) is 3.75. The first-order chi connectivity index (χ1) is 13.3. The Balaban J connectivity index is 0.00000225. The van der Waals surface area contributed by atoms with Crippen molar-refractivity contribution in [1.29, 1.82) is 0 Å². The molecular formula is C21H27IN4O2. The van der Waals surface area contributed by atoms with Crippen molar-refractivity contribution in [2.45, 2.75) is 50.7 Å². The second kappa shape index (κ2) is 10.1. The normalized spacial score (nSPS) is 23.2. The minimum atomic E-state index is 0. The van der Waals surface area contributed by atoms with E-state index in [0.717, 1.165) is 29.9 Å². The highest BCUT2D eigenvalue weighted by Gasteiger charge is 2.41. The summed E-state index contributed by atoms with van der Waals surface area (Å²) in [5.41, 5.74) is 2.12. The number of hydrogen-bond acceptors (Lipinski definition) is 4. The van der Waals surface area contributed by atoms with Crippen molar-refractivity contribution in [2.75, 3.05) is 7.05 Å². The number of guanidine groups is 1. The van der Waals surface area contributed by atoms with Crippen molar-refractivity contribution in [1.82, 2.24) is 15.6 Å². The van der Waals surface area contributed by atoms with Crippen LogP contribution in [0.1, 0.15) is 30.4 Å². The summed E-state index contributed by atoms with van der Waals surface area (Å²) in [4.78, 5) is 8.74. The van der Waals surface area contributed by atoms with Gasteiger partial charge in [-0.25, -0.2) is 4.98 Å². The molecule has 2 N–H and O–H groups in total.